The molecule has 3 aromatic rings. The first kappa shape index (κ1) is 20.7. The number of hydrogen-bond donors (Lipinski definition) is 2. The van der Waals surface area contributed by atoms with E-state index in [1.165, 1.54) is 0 Å². The molecule has 0 spiro atoms. The number of ether oxygens (including phenoxy) is 2. The van der Waals surface area contributed by atoms with Gasteiger partial charge in [0.05, 0.1) is 14.2 Å². The van der Waals surface area contributed by atoms with E-state index in [4.69, 9.17) is 15.2 Å². The highest BCUT2D eigenvalue weighted by atomic mass is 16.5. The Hall–Kier alpha value is -3.05. The van der Waals surface area contributed by atoms with Gasteiger partial charge in [0.25, 0.3) is 0 Å². The number of aliphatic hydroxyl groups is 1. The Kier molecular flexibility index (Phi) is 5.80. The molecule has 0 bridgehead atoms. The third-order valence-electron chi connectivity index (χ3n) is 4.93. The third-order valence-corrected chi connectivity index (χ3v) is 4.93. The Labute approximate surface area is 172 Å². The van der Waals surface area contributed by atoms with Crippen molar-refractivity contribution in [2.24, 2.45) is 0 Å². The van der Waals surface area contributed by atoms with Gasteiger partial charge in [-0.15, -0.1) is 0 Å². The van der Waals surface area contributed by atoms with Crippen molar-refractivity contribution in [1.29, 1.82) is 0 Å². The first-order chi connectivity index (χ1) is 13.8. The average Bonchev–Trinajstić information content (AvgIpc) is 2.71. The molecule has 1 atom stereocenters. The van der Waals surface area contributed by atoms with Gasteiger partial charge >= 0.3 is 0 Å². The van der Waals surface area contributed by atoms with Crippen LogP contribution in [0.4, 0.5) is 5.69 Å². The topological polar surface area (TPSA) is 77.6 Å². The minimum Gasteiger partial charge on any atom is -0.496 e. The molecule has 0 saturated heterocycles. The van der Waals surface area contributed by atoms with E-state index in [9.17, 15) is 5.11 Å². The van der Waals surface area contributed by atoms with Crippen molar-refractivity contribution in [3.8, 4) is 22.8 Å². The number of benzene rings is 2. The van der Waals surface area contributed by atoms with Gasteiger partial charge in [-0.2, -0.15) is 0 Å². The minimum atomic E-state index is -0.892. The lowest BCUT2D eigenvalue weighted by atomic mass is 9.82. The zero-order valence-corrected chi connectivity index (χ0v) is 17.6. The maximum Gasteiger partial charge on any atom is 0.221 e. The monoisotopic (exact) mass is 392 g/mol. The Morgan fingerprint density at radius 3 is 2.38 bits per heavy atom. The summed E-state index contributed by atoms with van der Waals surface area (Å²) in [5.74, 6) is 1.20. The number of pyridine rings is 1. The van der Waals surface area contributed by atoms with E-state index in [-0.39, 0.29) is 5.41 Å². The summed E-state index contributed by atoms with van der Waals surface area (Å²) in [6.45, 7) is 6.35. The van der Waals surface area contributed by atoms with Gasteiger partial charge in [-0.25, -0.2) is 4.98 Å². The molecule has 3 rings (SSSR count). The fourth-order valence-electron chi connectivity index (χ4n) is 3.48. The van der Waals surface area contributed by atoms with Gasteiger partial charge in [0, 0.05) is 28.6 Å². The van der Waals surface area contributed by atoms with Gasteiger partial charge in [-0.1, -0.05) is 32.9 Å². The normalized spacial score (nSPS) is 12.5. The number of hydrogen-bond acceptors (Lipinski definition) is 5. The molecule has 1 unspecified atom stereocenters. The average molecular weight is 392 g/mol. The Morgan fingerprint density at radius 1 is 1.00 bits per heavy atom. The molecule has 0 saturated carbocycles. The molecular weight excluding hydrogens is 364 g/mol. The van der Waals surface area contributed by atoms with Crippen molar-refractivity contribution in [3.05, 3.63) is 71.4 Å². The van der Waals surface area contributed by atoms with Gasteiger partial charge in [-0.05, 0) is 52.9 Å². The Balaban J connectivity index is 2.29. The second-order valence-corrected chi connectivity index (χ2v) is 8.03. The fraction of sp³-hybridized carbons (Fsp3) is 0.292. The van der Waals surface area contributed by atoms with Crippen molar-refractivity contribution in [1.82, 2.24) is 4.98 Å². The van der Waals surface area contributed by atoms with Gasteiger partial charge in [0.15, 0.2) is 0 Å². The van der Waals surface area contributed by atoms with Crippen LogP contribution in [0.3, 0.4) is 0 Å². The lowest BCUT2D eigenvalue weighted by Crippen LogP contribution is -2.16. The molecule has 2 aromatic carbocycles. The molecule has 29 heavy (non-hydrogen) atoms. The molecule has 1 heterocycles. The second kappa shape index (κ2) is 8.13. The maximum atomic E-state index is 11.2. The summed E-state index contributed by atoms with van der Waals surface area (Å²) < 4.78 is 11.2. The van der Waals surface area contributed by atoms with E-state index in [1.54, 1.807) is 32.5 Å². The summed E-state index contributed by atoms with van der Waals surface area (Å²) >= 11 is 0. The quantitative estimate of drug-likeness (QED) is 0.614. The summed E-state index contributed by atoms with van der Waals surface area (Å²) in [6, 6.07) is 15.1. The molecule has 0 radical (unpaired) electrons. The molecule has 0 fully saturated rings. The summed E-state index contributed by atoms with van der Waals surface area (Å²) in [5.41, 5.74) is 10.4. The van der Waals surface area contributed by atoms with Crippen molar-refractivity contribution in [2.45, 2.75) is 32.3 Å². The molecule has 0 amide bonds. The molecule has 1 aromatic heterocycles. The number of nitrogens with two attached hydrogens (primary N) is 1. The van der Waals surface area contributed by atoms with Crippen LogP contribution >= 0.6 is 0 Å². The predicted octanol–water partition coefficient (Wildman–Crippen LogP) is 4.73. The summed E-state index contributed by atoms with van der Waals surface area (Å²) in [4.78, 5) is 4.32. The summed E-state index contributed by atoms with van der Waals surface area (Å²) in [7, 11) is 3.23. The van der Waals surface area contributed by atoms with Gasteiger partial charge in [-0.3, -0.25) is 0 Å². The number of aliphatic hydroxyl groups excluding tert-OH is 1. The zero-order chi connectivity index (χ0) is 21.2. The standard InChI is InChI=1S/C24H28N2O3/c1-24(2,3)20-14-16(18-10-7-11-26-23(18)29-5)13-19(22(20)28-4)21(27)15-8-6-9-17(25)12-15/h6-14,21,27H,25H2,1-5H3. The molecular formula is C24H28N2O3. The van der Waals surface area contributed by atoms with Gasteiger partial charge in [0.2, 0.25) is 5.88 Å². The maximum absolute atomic E-state index is 11.2. The number of nitrogen functional groups attached to an aromatic ring is 1. The van der Waals surface area contributed by atoms with Crippen LogP contribution in [0, 0.1) is 0 Å². The van der Waals surface area contributed by atoms with E-state index < -0.39 is 6.10 Å². The van der Waals surface area contributed by atoms with Crippen LogP contribution in [0.25, 0.3) is 11.1 Å². The van der Waals surface area contributed by atoms with Crippen LogP contribution in [0.1, 0.15) is 43.6 Å². The van der Waals surface area contributed by atoms with E-state index in [1.807, 2.05) is 30.3 Å². The Bertz CT molecular complexity index is 1010. The predicted molar refractivity (Wildman–Crippen MR) is 116 cm³/mol. The van der Waals surface area contributed by atoms with Crippen molar-refractivity contribution < 1.29 is 14.6 Å². The van der Waals surface area contributed by atoms with Crippen LogP contribution in [0.2, 0.25) is 0 Å². The largest absolute Gasteiger partial charge is 0.496 e. The highest BCUT2D eigenvalue weighted by molar-refractivity contribution is 5.72. The van der Waals surface area contributed by atoms with Crippen molar-refractivity contribution in [3.63, 3.8) is 0 Å². The third kappa shape index (κ3) is 4.20. The first-order valence-electron chi connectivity index (χ1n) is 9.51. The zero-order valence-electron chi connectivity index (χ0n) is 17.6. The van der Waals surface area contributed by atoms with Crippen LogP contribution < -0.4 is 15.2 Å². The minimum absolute atomic E-state index is 0.207. The fourth-order valence-corrected chi connectivity index (χ4v) is 3.48. The van der Waals surface area contributed by atoms with Gasteiger partial charge < -0.3 is 20.3 Å². The lowest BCUT2D eigenvalue weighted by Gasteiger charge is -2.27. The highest BCUT2D eigenvalue weighted by Gasteiger charge is 2.27. The highest BCUT2D eigenvalue weighted by Crippen LogP contribution is 2.43. The van der Waals surface area contributed by atoms with Gasteiger partial charge in [0.1, 0.15) is 11.9 Å². The molecule has 0 aliphatic heterocycles. The molecule has 0 aliphatic rings. The molecule has 5 nitrogen and oxygen atoms in total. The molecule has 5 heteroatoms. The van der Waals surface area contributed by atoms with E-state index in [0.29, 0.717) is 28.4 Å². The van der Waals surface area contributed by atoms with Crippen molar-refractivity contribution >= 4 is 5.69 Å². The SMILES string of the molecule is COc1ncccc1-c1cc(C(O)c2cccc(N)c2)c(OC)c(C(C)(C)C)c1. The molecule has 0 aliphatic carbocycles. The lowest BCUT2D eigenvalue weighted by molar-refractivity contribution is 0.214. The first-order valence-corrected chi connectivity index (χ1v) is 9.51. The number of anilines is 1. The number of aromatic nitrogens is 1. The van der Waals surface area contributed by atoms with E-state index >= 15 is 0 Å². The molecule has 152 valence electrons. The number of methoxy groups -OCH3 is 2. The smallest absolute Gasteiger partial charge is 0.221 e. The molecule has 3 N–H and O–H groups in total. The van der Waals surface area contributed by atoms with Crippen LogP contribution in [0.5, 0.6) is 11.6 Å². The van der Waals surface area contributed by atoms with E-state index in [0.717, 1.165) is 16.7 Å². The number of rotatable bonds is 5. The summed E-state index contributed by atoms with van der Waals surface area (Å²) in [5, 5.41) is 11.2. The Morgan fingerprint density at radius 2 is 1.76 bits per heavy atom. The van der Waals surface area contributed by atoms with Crippen LogP contribution in [0.15, 0.2) is 54.7 Å². The van der Waals surface area contributed by atoms with Crippen LogP contribution in [-0.4, -0.2) is 24.3 Å². The summed E-state index contributed by atoms with van der Waals surface area (Å²) in [6.07, 6.45) is 0.802. The van der Waals surface area contributed by atoms with Crippen molar-refractivity contribution in [2.75, 3.05) is 20.0 Å². The van der Waals surface area contributed by atoms with E-state index in [2.05, 4.69) is 31.8 Å². The number of nitrogens with zero attached hydrogens (tertiary/aromatic N) is 1. The van der Waals surface area contributed by atoms with Crippen LogP contribution in [-0.2, 0) is 5.41 Å². The second-order valence-electron chi connectivity index (χ2n) is 8.03.